The summed E-state index contributed by atoms with van der Waals surface area (Å²) in [6.07, 6.45) is 3.80. The van der Waals surface area contributed by atoms with Gasteiger partial charge in [-0.1, -0.05) is 23.7 Å². The summed E-state index contributed by atoms with van der Waals surface area (Å²) in [5.41, 5.74) is 1.19. The first-order chi connectivity index (χ1) is 13.3. The highest BCUT2D eigenvalue weighted by molar-refractivity contribution is 7.90. The second-order valence-corrected chi connectivity index (χ2v) is 9.85. The summed E-state index contributed by atoms with van der Waals surface area (Å²) in [5, 5.41) is 14.5. The van der Waals surface area contributed by atoms with E-state index < -0.39 is 15.9 Å². The molecule has 1 aliphatic rings. The Labute approximate surface area is 171 Å². The number of ether oxygens (including phenoxy) is 1. The zero-order valence-corrected chi connectivity index (χ0v) is 17.4. The molecule has 2 atom stereocenters. The summed E-state index contributed by atoms with van der Waals surface area (Å²) in [6, 6.07) is 14.4. The predicted octanol–water partition coefficient (Wildman–Crippen LogP) is 3.09. The van der Waals surface area contributed by atoms with E-state index >= 15 is 0 Å². The van der Waals surface area contributed by atoms with Gasteiger partial charge in [0.05, 0.1) is 4.90 Å². The van der Waals surface area contributed by atoms with Gasteiger partial charge >= 0.3 is 0 Å². The number of hydrogen-bond acceptors (Lipinski definition) is 5. The maximum atomic E-state index is 11.5. The number of aliphatic hydroxyl groups excluding tert-OH is 1. The fourth-order valence-corrected chi connectivity index (χ4v) is 3.99. The average molecular weight is 424 g/mol. The van der Waals surface area contributed by atoms with Gasteiger partial charge in [0.2, 0.25) is 0 Å². The van der Waals surface area contributed by atoms with Crippen LogP contribution in [0.15, 0.2) is 53.4 Å². The van der Waals surface area contributed by atoms with Crippen molar-refractivity contribution >= 4 is 21.4 Å². The normalized spacial score (nSPS) is 16.5. The molecule has 1 unspecified atom stereocenters. The van der Waals surface area contributed by atoms with Crippen molar-refractivity contribution in [3.05, 3.63) is 59.1 Å². The largest absolute Gasteiger partial charge is 0.491 e. The van der Waals surface area contributed by atoms with E-state index in [0.29, 0.717) is 24.3 Å². The Hall–Kier alpha value is -1.60. The van der Waals surface area contributed by atoms with E-state index in [1.165, 1.54) is 30.5 Å². The van der Waals surface area contributed by atoms with Crippen LogP contribution in [0.4, 0.5) is 0 Å². The highest BCUT2D eigenvalue weighted by Gasteiger charge is 2.31. The van der Waals surface area contributed by atoms with Crippen LogP contribution in [0, 0.1) is 5.92 Å². The van der Waals surface area contributed by atoms with Crippen LogP contribution in [-0.4, -0.2) is 45.1 Å². The summed E-state index contributed by atoms with van der Waals surface area (Å²) in [7, 11) is -3.22. The van der Waals surface area contributed by atoms with Gasteiger partial charge in [0.1, 0.15) is 18.5 Å². The molecule has 28 heavy (non-hydrogen) atoms. The lowest BCUT2D eigenvalue weighted by atomic mass is 10.0. The third-order valence-corrected chi connectivity index (χ3v) is 6.21. The Balaban J connectivity index is 1.46. The molecular weight excluding hydrogens is 398 g/mol. The second kappa shape index (κ2) is 9.27. The standard InChI is InChI=1S/C21H26ClNO4S/c1-28(25,26)20-9-7-19(8-10-20)27-14-18(24)13-23-21(16-5-6-16)12-15-3-2-4-17(22)11-15/h2-4,7-11,16,18,21,23-24H,5-6,12-14H2,1H3/t18-,21?/m1/s1. The van der Waals surface area contributed by atoms with Crippen molar-refractivity contribution in [2.75, 3.05) is 19.4 Å². The summed E-state index contributed by atoms with van der Waals surface area (Å²) >= 11 is 6.07. The molecule has 7 heteroatoms. The molecule has 2 N–H and O–H groups in total. The summed E-state index contributed by atoms with van der Waals surface area (Å²) in [5.74, 6) is 1.17. The molecule has 5 nitrogen and oxygen atoms in total. The van der Waals surface area contributed by atoms with E-state index in [9.17, 15) is 13.5 Å². The molecule has 0 aliphatic heterocycles. The van der Waals surface area contributed by atoms with Crippen LogP contribution in [0.3, 0.4) is 0 Å². The minimum Gasteiger partial charge on any atom is -0.491 e. The topological polar surface area (TPSA) is 75.6 Å². The molecule has 1 saturated carbocycles. The average Bonchev–Trinajstić information content (AvgIpc) is 3.48. The van der Waals surface area contributed by atoms with Crippen LogP contribution >= 0.6 is 11.6 Å². The van der Waals surface area contributed by atoms with Crippen molar-refractivity contribution in [3.63, 3.8) is 0 Å². The Morgan fingerprint density at radius 2 is 1.93 bits per heavy atom. The predicted molar refractivity (Wildman–Crippen MR) is 111 cm³/mol. The Kier molecular flexibility index (Phi) is 6.99. The summed E-state index contributed by atoms with van der Waals surface area (Å²) in [4.78, 5) is 0.246. The number of sulfone groups is 1. The molecule has 0 bridgehead atoms. The van der Waals surface area contributed by atoms with Gasteiger partial charge in [-0.3, -0.25) is 0 Å². The monoisotopic (exact) mass is 423 g/mol. The first-order valence-corrected chi connectivity index (χ1v) is 11.7. The van der Waals surface area contributed by atoms with Crippen molar-refractivity contribution in [2.45, 2.75) is 36.3 Å². The molecule has 1 aliphatic carbocycles. The number of aliphatic hydroxyl groups is 1. The van der Waals surface area contributed by atoms with E-state index in [2.05, 4.69) is 11.4 Å². The van der Waals surface area contributed by atoms with Gasteiger partial charge in [0.15, 0.2) is 9.84 Å². The quantitative estimate of drug-likeness (QED) is 0.614. The lowest BCUT2D eigenvalue weighted by Crippen LogP contribution is -2.40. The number of halogens is 1. The van der Waals surface area contributed by atoms with E-state index in [4.69, 9.17) is 16.3 Å². The molecule has 152 valence electrons. The van der Waals surface area contributed by atoms with Crippen LogP contribution in [0.1, 0.15) is 18.4 Å². The molecular formula is C21H26ClNO4S. The molecule has 0 spiro atoms. The SMILES string of the molecule is CS(=O)(=O)c1ccc(OC[C@H](O)CNC(Cc2cccc(Cl)c2)C2CC2)cc1. The number of nitrogens with one attached hydrogen (secondary N) is 1. The Morgan fingerprint density at radius 1 is 1.21 bits per heavy atom. The molecule has 0 amide bonds. The maximum absolute atomic E-state index is 11.5. The third kappa shape index (κ3) is 6.48. The lowest BCUT2D eigenvalue weighted by molar-refractivity contribution is 0.102. The molecule has 0 heterocycles. The van der Waals surface area contributed by atoms with Crippen molar-refractivity contribution in [1.29, 1.82) is 0 Å². The van der Waals surface area contributed by atoms with Gasteiger partial charge in [-0.2, -0.15) is 0 Å². The van der Waals surface area contributed by atoms with E-state index in [0.717, 1.165) is 17.7 Å². The molecule has 0 saturated heterocycles. The first kappa shape index (κ1) is 21.1. The number of hydrogen-bond donors (Lipinski definition) is 2. The van der Waals surface area contributed by atoms with Crippen molar-refractivity contribution in [1.82, 2.24) is 5.32 Å². The third-order valence-electron chi connectivity index (χ3n) is 4.85. The molecule has 0 radical (unpaired) electrons. The van der Waals surface area contributed by atoms with Crippen molar-refractivity contribution in [2.24, 2.45) is 5.92 Å². The summed E-state index contributed by atoms with van der Waals surface area (Å²) in [6.45, 7) is 0.572. The van der Waals surface area contributed by atoms with Crippen molar-refractivity contribution in [3.8, 4) is 5.75 Å². The Morgan fingerprint density at radius 3 is 2.54 bits per heavy atom. The minimum absolute atomic E-state index is 0.139. The van der Waals surface area contributed by atoms with Crippen LogP contribution in [0.25, 0.3) is 0 Å². The highest BCUT2D eigenvalue weighted by Crippen LogP contribution is 2.34. The van der Waals surface area contributed by atoms with E-state index in [1.807, 2.05) is 18.2 Å². The number of rotatable bonds is 10. The fraction of sp³-hybridized carbons (Fsp3) is 0.429. The molecule has 2 aromatic rings. The van der Waals surface area contributed by atoms with Gasteiger partial charge in [0, 0.05) is 23.9 Å². The van der Waals surface area contributed by atoms with Crippen LogP contribution in [-0.2, 0) is 16.3 Å². The second-order valence-electron chi connectivity index (χ2n) is 7.39. The maximum Gasteiger partial charge on any atom is 0.175 e. The van der Waals surface area contributed by atoms with E-state index in [-0.39, 0.29) is 11.5 Å². The fourth-order valence-electron chi connectivity index (χ4n) is 3.14. The van der Waals surface area contributed by atoms with Gasteiger partial charge in [-0.15, -0.1) is 0 Å². The zero-order valence-electron chi connectivity index (χ0n) is 15.8. The molecule has 0 aromatic heterocycles. The van der Waals surface area contributed by atoms with Crippen LogP contribution < -0.4 is 10.1 Å². The van der Waals surface area contributed by atoms with Gasteiger partial charge in [0.25, 0.3) is 0 Å². The summed E-state index contributed by atoms with van der Waals surface area (Å²) < 4.78 is 28.5. The zero-order chi connectivity index (χ0) is 20.1. The molecule has 2 aromatic carbocycles. The van der Waals surface area contributed by atoms with Gasteiger partial charge < -0.3 is 15.2 Å². The molecule has 3 rings (SSSR count). The van der Waals surface area contributed by atoms with Gasteiger partial charge in [-0.25, -0.2) is 8.42 Å². The minimum atomic E-state index is -3.22. The van der Waals surface area contributed by atoms with Crippen LogP contribution in [0.2, 0.25) is 5.02 Å². The smallest absolute Gasteiger partial charge is 0.175 e. The van der Waals surface area contributed by atoms with E-state index in [1.54, 1.807) is 12.1 Å². The first-order valence-electron chi connectivity index (χ1n) is 9.40. The Bertz CT molecular complexity index is 882. The highest BCUT2D eigenvalue weighted by atomic mass is 35.5. The van der Waals surface area contributed by atoms with Crippen LogP contribution in [0.5, 0.6) is 5.75 Å². The van der Waals surface area contributed by atoms with Gasteiger partial charge in [-0.05, 0) is 67.1 Å². The lowest BCUT2D eigenvalue weighted by Gasteiger charge is -2.21. The number of benzene rings is 2. The van der Waals surface area contributed by atoms with Crippen molar-refractivity contribution < 1.29 is 18.3 Å². The molecule has 1 fully saturated rings.